The van der Waals surface area contributed by atoms with Crippen LogP contribution in [0, 0.1) is 0 Å². The molecular weight excluding hydrogens is 383 g/mol. The average molecular weight is 406 g/mol. The fraction of sp³-hybridized carbons (Fsp3) is 0.381. The van der Waals surface area contributed by atoms with Crippen molar-refractivity contribution >= 4 is 24.9 Å². The number of rotatable bonds is 6. The van der Waals surface area contributed by atoms with Crippen molar-refractivity contribution in [3.05, 3.63) is 30.1 Å². The highest BCUT2D eigenvalue weighted by Crippen LogP contribution is 2.41. The quantitative estimate of drug-likeness (QED) is 0.497. The minimum Gasteiger partial charge on any atom is -0.493 e. The number of ether oxygens (including phenoxy) is 3. The maximum Gasteiger partial charge on any atom is 0.203 e. The smallest absolute Gasteiger partial charge is 0.203 e. The van der Waals surface area contributed by atoms with Gasteiger partial charge in [0.1, 0.15) is 5.52 Å². The third kappa shape index (κ3) is 3.10. The molecule has 0 bridgehead atoms. The van der Waals surface area contributed by atoms with Crippen LogP contribution in [0.1, 0.15) is 30.1 Å². The second-order valence-electron chi connectivity index (χ2n) is 7.47. The van der Waals surface area contributed by atoms with E-state index in [9.17, 15) is 4.79 Å². The van der Waals surface area contributed by atoms with E-state index in [1.165, 1.54) is 0 Å². The monoisotopic (exact) mass is 406 g/mol. The maximum atomic E-state index is 13.3. The number of aromatic amines is 1. The molecule has 30 heavy (non-hydrogen) atoms. The fourth-order valence-corrected chi connectivity index (χ4v) is 3.95. The summed E-state index contributed by atoms with van der Waals surface area (Å²) in [4.78, 5) is 27.2. The van der Waals surface area contributed by atoms with Gasteiger partial charge in [0.05, 0.1) is 44.3 Å². The second kappa shape index (κ2) is 7.64. The van der Waals surface area contributed by atoms with Gasteiger partial charge in [-0.1, -0.05) is 0 Å². The molecule has 3 aromatic rings. The third-order valence-electron chi connectivity index (χ3n) is 5.77. The Balaban J connectivity index is 1.81. The molecule has 0 amide bonds. The summed E-state index contributed by atoms with van der Waals surface area (Å²) >= 11 is 0. The van der Waals surface area contributed by atoms with E-state index in [4.69, 9.17) is 27.2 Å². The number of methoxy groups -OCH3 is 3. The predicted molar refractivity (Wildman–Crippen MR) is 113 cm³/mol. The lowest BCUT2D eigenvalue weighted by Gasteiger charge is -2.31. The molecule has 3 heterocycles. The van der Waals surface area contributed by atoms with Crippen LogP contribution in [0.3, 0.4) is 0 Å². The van der Waals surface area contributed by atoms with Crippen LogP contribution in [0.4, 0.5) is 0 Å². The fourth-order valence-electron chi connectivity index (χ4n) is 3.95. The van der Waals surface area contributed by atoms with E-state index in [1.807, 2.05) is 6.92 Å². The summed E-state index contributed by atoms with van der Waals surface area (Å²) in [6.45, 7) is 2.56. The van der Waals surface area contributed by atoms with E-state index in [0.717, 1.165) is 12.0 Å². The molecule has 1 aliphatic heterocycles. The van der Waals surface area contributed by atoms with Crippen LogP contribution < -0.4 is 14.2 Å². The van der Waals surface area contributed by atoms with E-state index in [0.29, 0.717) is 52.6 Å². The Morgan fingerprint density at radius 3 is 2.47 bits per heavy atom. The van der Waals surface area contributed by atoms with Crippen molar-refractivity contribution < 1.29 is 19.0 Å². The van der Waals surface area contributed by atoms with Crippen molar-refractivity contribution in [1.82, 2.24) is 19.8 Å². The van der Waals surface area contributed by atoms with Gasteiger partial charge in [-0.3, -0.25) is 4.79 Å². The summed E-state index contributed by atoms with van der Waals surface area (Å²) < 4.78 is 16.3. The molecule has 2 aromatic heterocycles. The largest absolute Gasteiger partial charge is 0.493 e. The van der Waals surface area contributed by atoms with Gasteiger partial charge in [0.2, 0.25) is 5.75 Å². The number of nitrogens with one attached hydrogen (secondary N) is 1. The van der Waals surface area contributed by atoms with E-state index < -0.39 is 5.54 Å². The number of H-pyrrole nitrogens is 1. The summed E-state index contributed by atoms with van der Waals surface area (Å²) in [5.41, 5.74) is 2.08. The van der Waals surface area contributed by atoms with Crippen molar-refractivity contribution in [3.8, 4) is 28.5 Å². The first-order chi connectivity index (χ1) is 14.4. The third-order valence-corrected chi connectivity index (χ3v) is 5.77. The van der Waals surface area contributed by atoms with E-state index in [2.05, 4.69) is 9.97 Å². The predicted octanol–water partition coefficient (Wildman–Crippen LogP) is 2.77. The zero-order valence-corrected chi connectivity index (χ0v) is 17.5. The van der Waals surface area contributed by atoms with Crippen LogP contribution in [-0.2, 0) is 0 Å². The minimum atomic E-state index is -0.751. The van der Waals surface area contributed by atoms with Crippen LogP contribution in [-0.4, -0.2) is 66.9 Å². The first kappa shape index (κ1) is 20.2. The number of hydrogen-bond acceptors (Lipinski definition) is 7. The number of hydrogen-bond donors (Lipinski definition) is 1. The van der Waals surface area contributed by atoms with E-state index in [1.54, 1.807) is 50.7 Å². The summed E-state index contributed by atoms with van der Waals surface area (Å²) in [5, 5.41) is 0. The molecule has 1 atom stereocenters. The van der Waals surface area contributed by atoms with Crippen molar-refractivity contribution in [1.29, 1.82) is 0 Å². The molecule has 1 unspecified atom stereocenters. The first-order valence-corrected chi connectivity index (χ1v) is 9.64. The van der Waals surface area contributed by atoms with Gasteiger partial charge in [-0.15, -0.1) is 0 Å². The van der Waals surface area contributed by atoms with Gasteiger partial charge in [-0.2, -0.15) is 0 Å². The Labute approximate surface area is 176 Å². The minimum absolute atomic E-state index is 0.0647. The number of nitrogens with zero attached hydrogens (tertiary/aromatic N) is 3. The Morgan fingerprint density at radius 2 is 1.90 bits per heavy atom. The topological polar surface area (TPSA) is 89.6 Å². The lowest BCUT2D eigenvalue weighted by Crippen LogP contribution is -2.46. The number of fused-ring (bicyclic) bond motifs is 1. The van der Waals surface area contributed by atoms with Gasteiger partial charge in [0, 0.05) is 11.8 Å². The summed E-state index contributed by atoms with van der Waals surface area (Å²) in [6.07, 6.45) is 4.88. The molecule has 4 rings (SSSR count). The highest BCUT2D eigenvalue weighted by Gasteiger charge is 2.41. The molecule has 0 spiro atoms. The van der Waals surface area contributed by atoms with Crippen molar-refractivity contribution in [3.63, 3.8) is 0 Å². The van der Waals surface area contributed by atoms with Gasteiger partial charge in [-0.05, 0) is 38.4 Å². The lowest BCUT2D eigenvalue weighted by molar-refractivity contribution is 0.0821. The standard InChI is InChI=1S/C21H23BN4O4/c1-21(6-5-7-26(21)22)19(27)13-10-23-20-17(13)25-14(11-24-20)12-8-15(28-2)18(30-4)16(9-12)29-3/h8-11H,5-7H2,1-4H3,(H,23,24). The molecule has 1 aliphatic rings. The molecular formula is C21H23BN4O4. The highest BCUT2D eigenvalue weighted by molar-refractivity contribution is 6.15. The number of carbonyl (C=O) groups excluding carboxylic acids is 1. The first-order valence-electron chi connectivity index (χ1n) is 9.64. The van der Waals surface area contributed by atoms with Crippen molar-refractivity contribution in [2.45, 2.75) is 25.3 Å². The van der Waals surface area contributed by atoms with Gasteiger partial charge in [0.25, 0.3) is 0 Å². The SMILES string of the molecule is [B]N1CCCC1(C)C(=O)c1c[nH]c2ncc(-c3cc(OC)c(OC)c(OC)c3)nc12. The molecule has 0 saturated carbocycles. The molecule has 2 radical (unpaired) electrons. The molecule has 9 heteroatoms. The molecule has 154 valence electrons. The van der Waals surface area contributed by atoms with E-state index in [-0.39, 0.29) is 5.78 Å². The van der Waals surface area contributed by atoms with Crippen molar-refractivity contribution in [2.75, 3.05) is 27.9 Å². The highest BCUT2D eigenvalue weighted by atomic mass is 16.5. The Morgan fingerprint density at radius 1 is 1.20 bits per heavy atom. The second-order valence-corrected chi connectivity index (χ2v) is 7.47. The van der Waals surface area contributed by atoms with Crippen LogP contribution >= 0.6 is 0 Å². The van der Waals surface area contributed by atoms with Gasteiger partial charge >= 0.3 is 0 Å². The molecule has 1 fully saturated rings. The molecule has 0 aliphatic carbocycles. The summed E-state index contributed by atoms with van der Waals surface area (Å²) in [6, 6.07) is 3.59. The maximum absolute atomic E-state index is 13.3. The summed E-state index contributed by atoms with van der Waals surface area (Å²) in [5.74, 6) is 1.45. The molecule has 1 saturated heterocycles. The lowest BCUT2D eigenvalue weighted by atomic mass is 9.87. The average Bonchev–Trinajstić information content (AvgIpc) is 3.35. The Bertz CT molecular complexity index is 1090. The van der Waals surface area contributed by atoms with Gasteiger partial charge in [-0.25, -0.2) is 9.97 Å². The van der Waals surface area contributed by atoms with Gasteiger partial charge in [0.15, 0.2) is 30.9 Å². The van der Waals surface area contributed by atoms with Crippen LogP contribution in [0.25, 0.3) is 22.4 Å². The molecule has 8 nitrogen and oxygen atoms in total. The number of Topliss-reactive ketones (excluding diaryl/α,β-unsaturated/α-hetero) is 1. The Hall–Kier alpha value is -3.07. The van der Waals surface area contributed by atoms with Gasteiger partial charge < -0.3 is 24.0 Å². The Kier molecular flexibility index (Phi) is 5.15. The normalized spacial score (nSPS) is 19.2. The van der Waals surface area contributed by atoms with Crippen LogP contribution in [0.5, 0.6) is 17.2 Å². The number of ketones is 1. The van der Waals surface area contributed by atoms with Crippen LogP contribution in [0.2, 0.25) is 0 Å². The molecule has 1 aromatic carbocycles. The number of benzene rings is 1. The molecule has 1 N–H and O–H groups in total. The summed E-state index contributed by atoms with van der Waals surface area (Å²) in [7, 11) is 10.8. The van der Waals surface area contributed by atoms with Crippen molar-refractivity contribution in [2.24, 2.45) is 0 Å². The number of carbonyl (C=O) groups is 1. The van der Waals surface area contributed by atoms with E-state index >= 15 is 0 Å². The zero-order chi connectivity index (χ0) is 21.5. The zero-order valence-electron chi connectivity index (χ0n) is 17.5. The number of aromatic nitrogens is 3. The van der Waals surface area contributed by atoms with Crippen LogP contribution in [0.15, 0.2) is 24.5 Å².